The zero-order chi connectivity index (χ0) is 13.1. The van der Waals surface area contributed by atoms with Gasteiger partial charge in [-0.25, -0.2) is 0 Å². The topological polar surface area (TPSA) is 24.5 Å². The van der Waals surface area contributed by atoms with Crippen molar-refractivity contribution in [3.05, 3.63) is 23.0 Å². The van der Waals surface area contributed by atoms with Crippen molar-refractivity contribution in [2.75, 3.05) is 19.8 Å². The molecular formula is C14H25BrN2O. The second kappa shape index (κ2) is 10.4. The molecule has 0 aromatic rings. The molecule has 0 spiro atoms. The van der Waals surface area contributed by atoms with Crippen LogP contribution in [0.1, 0.15) is 45.4 Å². The van der Waals surface area contributed by atoms with E-state index in [0.29, 0.717) is 0 Å². The molecule has 0 aromatic carbocycles. The quantitative estimate of drug-likeness (QED) is 0.618. The van der Waals surface area contributed by atoms with Crippen LogP contribution < -0.4 is 5.43 Å². The van der Waals surface area contributed by atoms with Crippen molar-refractivity contribution in [2.45, 2.75) is 45.4 Å². The molecule has 4 heteroatoms. The lowest BCUT2D eigenvalue weighted by atomic mass is 10.2. The van der Waals surface area contributed by atoms with Crippen molar-refractivity contribution in [2.24, 2.45) is 0 Å². The van der Waals surface area contributed by atoms with Gasteiger partial charge in [0.25, 0.3) is 0 Å². The van der Waals surface area contributed by atoms with E-state index in [9.17, 15) is 0 Å². The highest BCUT2D eigenvalue weighted by molar-refractivity contribution is 9.11. The number of allylic oxidation sites excluding steroid dienone is 2. The molecular weight excluding hydrogens is 292 g/mol. The van der Waals surface area contributed by atoms with Gasteiger partial charge in [0.15, 0.2) is 0 Å². The summed E-state index contributed by atoms with van der Waals surface area (Å²) in [5.74, 6) is 0. The number of nitrogens with one attached hydrogen (secondary N) is 1. The second-order valence-electron chi connectivity index (χ2n) is 4.55. The van der Waals surface area contributed by atoms with Gasteiger partial charge in [-0.05, 0) is 41.3 Å². The van der Waals surface area contributed by atoms with Crippen molar-refractivity contribution >= 4 is 15.9 Å². The van der Waals surface area contributed by atoms with Crippen molar-refractivity contribution in [3.63, 3.8) is 0 Å². The van der Waals surface area contributed by atoms with Crippen LogP contribution in [0.2, 0.25) is 0 Å². The van der Waals surface area contributed by atoms with Crippen molar-refractivity contribution in [1.82, 2.24) is 10.4 Å². The summed E-state index contributed by atoms with van der Waals surface area (Å²) in [7, 11) is 0. The highest BCUT2D eigenvalue weighted by Gasteiger charge is 2.01. The summed E-state index contributed by atoms with van der Waals surface area (Å²) in [5.41, 5.74) is 3.19. The van der Waals surface area contributed by atoms with Crippen LogP contribution in [0.5, 0.6) is 0 Å². The SMILES string of the molecule is CCCCCCOCCCCN1C=CC(Br)=CN1. The van der Waals surface area contributed by atoms with Crippen LogP contribution in [0, 0.1) is 0 Å². The molecule has 18 heavy (non-hydrogen) atoms. The van der Waals surface area contributed by atoms with E-state index in [0.717, 1.165) is 37.1 Å². The standard InChI is InChI=1S/C14H25BrN2O/c1-2-3-4-6-11-18-12-7-5-9-17-10-8-14(15)13-16-17/h8,10,13,16H,2-7,9,11-12H2,1H3. The molecule has 0 saturated heterocycles. The Morgan fingerprint density at radius 2 is 1.94 bits per heavy atom. The lowest BCUT2D eigenvalue weighted by Gasteiger charge is -2.22. The predicted molar refractivity (Wildman–Crippen MR) is 80.2 cm³/mol. The monoisotopic (exact) mass is 316 g/mol. The first-order valence-electron chi connectivity index (χ1n) is 6.97. The molecule has 0 unspecified atom stereocenters. The van der Waals surface area contributed by atoms with E-state index in [-0.39, 0.29) is 0 Å². The summed E-state index contributed by atoms with van der Waals surface area (Å²) in [6.07, 6.45) is 13.5. The largest absolute Gasteiger partial charge is 0.381 e. The normalized spacial score (nSPS) is 14.6. The van der Waals surface area contributed by atoms with Gasteiger partial charge < -0.3 is 10.2 Å². The van der Waals surface area contributed by atoms with E-state index < -0.39 is 0 Å². The molecule has 0 aliphatic carbocycles. The molecule has 0 saturated carbocycles. The Kier molecular flexibility index (Phi) is 9.04. The van der Waals surface area contributed by atoms with Crippen molar-refractivity contribution < 1.29 is 4.74 Å². The van der Waals surface area contributed by atoms with E-state index >= 15 is 0 Å². The van der Waals surface area contributed by atoms with E-state index in [2.05, 4.69) is 39.5 Å². The molecule has 1 heterocycles. The second-order valence-corrected chi connectivity index (χ2v) is 5.46. The predicted octanol–water partition coefficient (Wildman–Crippen LogP) is 3.93. The van der Waals surface area contributed by atoms with Gasteiger partial charge in [-0.3, -0.25) is 5.01 Å². The first kappa shape index (κ1) is 15.6. The number of ether oxygens (including phenoxy) is 1. The summed E-state index contributed by atoms with van der Waals surface area (Å²) in [4.78, 5) is 0. The van der Waals surface area contributed by atoms with Gasteiger partial charge in [0.1, 0.15) is 0 Å². The number of hydrogen-bond acceptors (Lipinski definition) is 3. The number of halogens is 1. The van der Waals surface area contributed by atoms with E-state index in [1.807, 2.05) is 12.3 Å². The average molecular weight is 317 g/mol. The fourth-order valence-electron chi connectivity index (χ4n) is 1.76. The third-order valence-electron chi connectivity index (χ3n) is 2.86. The Morgan fingerprint density at radius 1 is 1.17 bits per heavy atom. The fraction of sp³-hybridized carbons (Fsp3) is 0.714. The first-order chi connectivity index (χ1) is 8.83. The van der Waals surface area contributed by atoms with Gasteiger partial charge in [-0.2, -0.15) is 0 Å². The molecule has 1 aliphatic rings. The van der Waals surface area contributed by atoms with E-state index in [1.165, 1.54) is 25.7 Å². The van der Waals surface area contributed by atoms with Gasteiger partial charge in [0, 0.05) is 36.6 Å². The number of hydrogen-bond donors (Lipinski definition) is 1. The molecule has 1 N–H and O–H groups in total. The van der Waals surface area contributed by atoms with Gasteiger partial charge in [0.05, 0.1) is 0 Å². The Hall–Kier alpha value is -0.480. The molecule has 0 aromatic heterocycles. The number of hydrazine groups is 1. The maximum absolute atomic E-state index is 5.61. The Balaban J connectivity index is 1.83. The van der Waals surface area contributed by atoms with Crippen LogP contribution in [-0.2, 0) is 4.74 Å². The highest BCUT2D eigenvalue weighted by Crippen LogP contribution is 2.10. The van der Waals surface area contributed by atoms with Crippen LogP contribution >= 0.6 is 15.9 Å². The minimum absolute atomic E-state index is 0.892. The minimum atomic E-state index is 0.892. The average Bonchev–Trinajstić information content (AvgIpc) is 2.39. The zero-order valence-corrected chi connectivity index (χ0v) is 12.9. The lowest BCUT2D eigenvalue weighted by Crippen LogP contribution is -2.31. The molecule has 0 atom stereocenters. The molecule has 3 nitrogen and oxygen atoms in total. The van der Waals surface area contributed by atoms with E-state index in [4.69, 9.17) is 4.74 Å². The van der Waals surface area contributed by atoms with Gasteiger partial charge >= 0.3 is 0 Å². The zero-order valence-electron chi connectivity index (χ0n) is 11.3. The summed E-state index contributed by atoms with van der Waals surface area (Å²) in [6, 6.07) is 0. The molecule has 1 aliphatic heterocycles. The Bertz CT molecular complexity index is 267. The van der Waals surface area contributed by atoms with Gasteiger partial charge in [0.2, 0.25) is 0 Å². The van der Waals surface area contributed by atoms with Gasteiger partial charge in [-0.1, -0.05) is 26.2 Å². The summed E-state index contributed by atoms with van der Waals surface area (Å²) >= 11 is 3.41. The molecule has 0 amide bonds. The molecule has 1 rings (SSSR count). The van der Waals surface area contributed by atoms with Crippen LogP contribution in [0.15, 0.2) is 23.0 Å². The molecule has 0 fully saturated rings. The number of nitrogens with zero attached hydrogens (tertiary/aromatic N) is 1. The highest BCUT2D eigenvalue weighted by atomic mass is 79.9. The fourth-order valence-corrected chi connectivity index (χ4v) is 1.98. The first-order valence-corrected chi connectivity index (χ1v) is 7.76. The maximum atomic E-state index is 5.61. The molecule has 104 valence electrons. The van der Waals surface area contributed by atoms with Crippen molar-refractivity contribution in [3.8, 4) is 0 Å². The van der Waals surface area contributed by atoms with Crippen molar-refractivity contribution in [1.29, 1.82) is 0 Å². The third kappa shape index (κ3) is 7.77. The van der Waals surface area contributed by atoms with Crippen LogP contribution in [-0.4, -0.2) is 24.8 Å². The Morgan fingerprint density at radius 3 is 2.61 bits per heavy atom. The summed E-state index contributed by atoms with van der Waals surface area (Å²) in [6.45, 7) is 5.07. The summed E-state index contributed by atoms with van der Waals surface area (Å²) < 4.78 is 6.69. The Labute approximate surface area is 119 Å². The minimum Gasteiger partial charge on any atom is -0.381 e. The van der Waals surface area contributed by atoms with Crippen LogP contribution in [0.4, 0.5) is 0 Å². The lowest BCUT2D eigenvalue weighted by molar-refractivity contribution is 0.123. The molecule has 0 radical (unpaired) electrons. The van der Waals surface area contributed by atoms with Gasteiger partial charge in [-0.15, -0.1) is 0 Å². The van der Waals surface area contributed by atoms with Crippen LogP contribution in [0.25, 0.3) is 0 Å². The maximum Gasteiger partial charge on any atom is 0.0466 e. The molecule has 0 bridgehead atoms. The third-order valence-corrected chi connectivity index (χ3v) is 3.36. The summed E-state index contributed by atoms with van der Waals surface area (Å²) in [5, 5.41) is 2.09. The van der Waals surface area contributed by atoms with Crippen LogP contribution in [0.3, 0.4) is 0 Å². The number of rotatable bonds is 10. The smallest absolute Gasteiger partial charge is 0.0466 e. The number of unbranched alkanes of at least 4 members (excludes halogenated alkanes) is 4. The van der Waals surface area contributed by atoms with E-state index in [1.54, 1.807) is 0 Å².